The number of Topliss-reactive ketones (excluding diaryl/α,β-unsaturated/α-hetero) is 1. The van der Waals surface area contributed by atoms with Gasteiger partial charge in [0.05, 0.1) is 6.54 Å². The highest BCUT2D eigenvalue weighted by atomic mass is 35.5. The summed E-state index contributed by atoms with van der Waals surface area (Å²) >= 11 is 12.0. The van der Waals surface area contributed by atoms with Gasteiger partial charge in [-0.1, -0.05) is 29.3 Å². The van der Waals surface area contributed by atoms with Crippen LogP contribution < -0.4 is 5.32 Å². The number of hydrogen-bond acceptors (Lipinski definition) is 2. The molecule has 0 fully saturated rings. The Bertz CT molecular complexity index is 692. The number of benzene rings is 1. The van der Waals surface area contributed by atoms with Gasteiger partial charge in [-0.2, -0.15) is 0 Å². The minimum absolute atomic E-state index is 0.114. The molecule has 0 aliphatic heterocycles. The Morgan fingerprint density at radius 2 is 1.95 bits per heavy atom. The Labute approximate surface area is 141 Å². The number of aryl methyl sites for hydroxylation is 1. The molecule has 0 spiro atoms. The molecule has 1 N–H and O–H groups in total. The number of ketones is 1. The fourth-order valence-corrected chi connectivity index (χ4v) is 2.89. The molecule has 0 saturated carbocycles. The quantitative estimate of drug-likeness (QED) is 0.638. The van der Waals surface area contributed by atoms with Crippen LogP contribution in [0.15, 0.2) is 24.3 Å². The smallest absolute Gasteiger partial charge is 0.178 e. The fraction of sp³-hybridized carbons (Fsp3) is 0.353. The van der Waals surface area contributed by atoms with Gasteiger partial charge in [-0.05, 0) is 50.6 Å². The van der Waals surface area contributed by atoms with Gasteiger partial charge in [0.15, 0.2) is 5.78 Å². The second-order valence-corrected chi connectivity index (χ2v) is 6.27. The van der Waals surface area contributed by atoms with Crippen LogP contribution in [-0.2, 0) is 13.5 Å². The van der Waals surface area contributed by atoms with Crippen molar-refractivity contribution in [3.8, 4) is 0 Å². The van der Waals surface area contributed by atoms with Gasteiger partial charge in [0.2, 0.25) is 0 Å². The van der Waals surface area contributed by atoms with E-state index in [9.17, 15) is 4.79 Å². The van der Waals surface area contributed by atoms with Gasteiger partial charge < -0.3 is 9.88 Å². The molecule has 0 aliphatic rings. The molecular weight excluding hydrogens is 319 g/mol. The van der Waals surface area contributed by atoms with Crippen LogP contribution in [0.25, 0.3) is 0 Å². The zero-order chi connectivity index (χ0) is 16.3. The molecule has 0 atom stereocenters. The standard InChI is InChI=1S/C17H20Cl2N2O/c1-11-8-15(12(2)21(11)3)17(22)10-20-7-6-13-4-5-14(18)9-16(13)19/h4-5,8-9,20H,6-7,10H2,1-3H3. The molecule has 1 heterocycles. The first kappa shape index (κ1) is 17.1. The lowest BCUT2D eigenvalue weighted by Gasteiger charge is -2.07. The number of hydrogen-bond donors (Lipinski definition) is 1. The normalized spacial score (nSPS) is 11.0. The van der Waals surface area contributed by atoms with Crippen LogP contribution in [0.5, 0.6) is 0 Å². The van der Waals surface area contributed by atoms with Crippen molar-refractivity contribution >= 4 is 29.0 Å². The van der Waals surface area contributed by atoms with Gasteiger partial charge in [-0.25, -0.2) is 0 Å². The van der Waals surface area contributed by atoms with Crippen LogP contribution in [0.4, 0.5) is 0 Å². The van der Waals surface area contributed by atoms with Gasteiger partial charge in [0.1, 0.15) is 0 Å². The van der Waals surface area contributed by atoms with Crippen molar-refractivity contribution in [2.75, 3.05) is 13.1 Å². The molecule has 1 aromatic heterocycles. The summed E-state index contributed by atoms with van der Waals surface area (Å²) in [4.78, 5) is 12.2. The summed E-state index contributed by atoms with van der Waals surface area (Å²) in [6, 6.07) is 7.41. The lowest BCUT2D eigenvalue weighted by molar-refractivity contribution is 0.0990. The Morgan fingerprint density at radius 1 is 1.23 bits per heavy atom. The van der Waals surface area contributed by atoms with Gasteiger partial charge >= 0.3 is 0 Å². The third kappa shape index (κ3) is 3.92. The van der Waals surface area contributed by atoms with Crippen LogP contribution in [0.2, 0.25) is 10.0 Å². The number of rotatable bonds is 6. The van der Waals surface area contributed by atoms with Crippen LogP contribution in [-0.4, -0.2) is 23.4 Å². The highest BCUT2D eigenvalue weighted by Gasteiger charge is 2.13. The zero-order valence-electron chi connectivity index (χ0n) is 13.0. The molecule has 0 unspecified atom stereocenters. The molecule has 0 saturated heterocycles. The average Bonchev–Trinajstić information content (AvgIpc) is 2.73. The van der Waals surface area contributed by atoms with Crippen LogP contribution in [0.3, 0.4) is 0 Å². The van der Waals surface area contributed by atoms with Crippen molar-refractivity contribution in [3.05, 3.63) is 56.8 Å². The average molecular weight is 339 g/mol. The number of halogens is 2. The summed E-state index contributed by atoms with van der Waals surface area (Å²) in [6.07, 6.45) is 0.760. The van der Waals surface area contributed by atoms with E-state index in [2.05, 4.69) is 5.32 Å². The molecule has 5 heteroatoms. The Hall–Kier alpha value is -1.29. The van der Waals surface area contributed by atoms with Crippen molar-refractivity contribution in [1.82, 2.24) is 9.88 Å². The van der Waals surface area contributed by atoms with Gasteiger partial charge in [-0.15, -0.1) is 0 Å². The summed E-state index contributed by atoms with van der Waals surface area (Å²) in [5, 5.41) is 4.47. The van der Waals surface area contributed by atoms with Crippen LogP contribution in [0.1, 0.15) is 27.3 Å². The molecule has 22 heavy (non-hydrogen) atoms. The third-order valence-electron chi connectivity index (χ3n) is 3.95. The number of nitrogens with zero attached hydrogens (tertiary/aromatic N) is 1. The summed E-state index contributed by atoms with van der Waals surface area (Å²) in [7, 11) is 1.97. The molecule has 0 amide bonds. The van der Waals surface area contributed by atoms with E-state index in [4.69, 9.17) is 23.2 Å². The van der Waals surface area contributed by atoms with E-state index in [0.29, 0.717) is 23.1 Å². The molecule has 0 radical (unpaired) electrons. The van der Waals surface area contributed by atoms with E-state index < -0.39 is 0 Å². The molecule has 3 nitrogen and oxygen atoms in total. The van der Waals surface area contributed by atoms with Gasteiger partial charge in [-0.3, -0.25) is 4.79 Å². The van der Waals surface area contributed by atoms with E-state index in [-0.39, 0.29) is 5.78 Å². The predicted octanol–water partition coefficient (Wildman–Crippen LogP) is 3.96. The fourth-order valence-electron chi connectivity index (χ4n) is 2.38. The molecule has 1 aromatic carbocycles. The molecule has 2 rings (SSSR count). The van der Waals surface area contributed by atoms with E-state index in [1.807, 2.05) is 43.7 Å². The monoisotopic (exact) mass is 338 g/mol. The summed E-state index contributed by atoms with van der Waals surface area (Å²) < 4.78 is 2.03. The zero-order valence-corrected chi connectivity index (χ0v) is 14.6. The van der Waals surface area contributed by atoms with Crippen molar-refractivity contribution in [1.29, 1.82) is 0 Å². The van der Waals surface area contributed by atoms with Crippen LogP contribution >= 0.6 is 23.2 Å². The first-order valence-electron chi connectivity index (χ1n) is 7.21. The van der Waals surface area contributed by atoms with Crippen molar-refractivity contribution in [3.63, 3.8) is 0 Å². The first-order chi connectivity index (χ1) is 10.4. The number of nitrogens with one attached hydrogen (secondary N) is 1. The summed E-state index contributed by atoms with van der Waals surface area (Å²) in [5.74, 6) is 0.114. The van der Waals surface area contributed by atoms with E-state index >= 15 is 0 Å². The number of carbonyl (C=O) groups is 1. The van der Waals surface area contributed by atoms with Crippen LogP contribution in [0, 0.1) is 13.8 Å². The lowest BCUT2D eigenvalue weighted by Crippen LogP contribution is -2.25. The lowest BCUT2D eigenvalue weighted by atomic mass is 10.1. The molecule has 118 valence electrons. The molecule has 0 bridgehead atoms. The maximum Gasteiger partial charge on any atom is 0.178 e. The minimum atomic E-state index is 0.114. The second kappa shape index (κ2) is 7.32. The number of aromatic nitrogens is 1. The molecular formula is C17H20Cl2N2O. The molecule has 0 aliphatic carbocycles. The summed E-state index contributed by atoms with van der Waals surface area (Å²) in [6.45, 7) is 4.99. The molecule has 2 aromatic rings. The van der Waals surface area contributed by atoms with Crippen molar-refractivity contribution < 1.29 is 4.79 Å². The highest BCUT2D eigenvalue weighted by molar-refractivity contribution is 6.35. The maximum absolute atomic E-state index is 12.2. The van der Waals surface area contributed by atoms with Gasteiger partial charge in [0, 0.05) is 34.0 Å². The minimum Gasteiger partial charge on any atom is -0.351 e. The van der Waals surface area contributed by atoms with E-state index in [1.165, 1.54) is 0 Å². The van der Waals surface area contributed by atoms with Crippen molar-refractivity contribution in [2.45, 2.75) is 20.3 Å². The highest BCUT2D eigenvalue weighted by Crippen LogP contribution is 2.21. The Balaban J connectivity index is 1.86. The van der Waals surface area contributed by atoms with E-state index in [1.54, 1.807) is 6.07 Å². The van der Waals surface area contributed by atoms with E-state index in [0.717, 1.165) is 28.9 Å². The Morgan fingerprint density at radius 3 is 2.55 bits per heavy atom. The first-order valence-corrected chi connectivity index (χ1v) is 7.96. The number of carbonyl (C=O) groups excluding carboxylic acids is 1. The second-order valence-electron chi connectivity index (χ2n) is 5.43. The third-order valence-corrected chi connectivity index (χ3v) is 4.53. The summed E-state index contributed by atoms with van der Waals surface area (Å²) in [5.41, 5.74) is 3.91. The topological polar surface area (TPSA) is 34.0 Å². The van der Waals surface area contributed by atoms with Gasteiger partial charge in [0.25, 0.3) is 0 Å². The maximum atomic E-state index is 12.2. The Kier molecular flexibility index (Phi) is 5.68. The SMILES string of the molecule is Cc1cc(C(=O)CNCCc2ccc(Cl)cc2Cl)c(C)n1C. The van der Waals surface area contributed by atoms with Crippen molar-refractivity contribution in [2.24, 2.45) is 7.05 Å². The largest absolute Gasteiger partial charge is 0.351 e. The predicted molar refractivity (Wildman–Crippen MR) is 92.3 cm³/mol.